The molecule has 1 fully saturated rings. The fraction of sp³-hybridized carbons (Fsp3) is 0.632. The van der Waals surface area contributed by atoms with E-state index in [1.165, 1.54) is 4.57 Å². The van der Waals surface area contributed by atoms with Crippen LogP contribution in [0.5, 0.6) is 0 Å². The molecule has 0 N–H and O–H groups in total. The summed E-state index contributed by atoms with van der Waals surface area (Å²) in [5.74, 6) is -2.02. The lowest BCUT2D eigenvalue weighted by Crippen LogP contribution is -2.31. The summed E-state index contributed by atoms with van der Waals surface area (Å²) in [6, 6.07) is 3.67. The van der Waals surface area contributed by atoms with Gasteiger partial charge in [0, 0.05) is 13.0 Å². The summed E-state index contributed by atoms with van der Waals surface area (Å²) < 4.78 is 18.1. The Morgan fingerprint density at radius 2 is 2.04 bits per heavy atom. The van der Waals surface area contributed by atoms with Crippen molar-refractivity contribution in [1.29, 1.82) is 5.26 Å². The summed E-state index contributed by atoms with van der Waals surface area (Å²) in [6.45, 7) is 9.14. The summed E-state index contributed by atoms with van der Waals surface area (Å²) in [7, 11) is 0. The zero-order valence-electron chi connectivity index (χ0n) is 15.8. The first-order chi connectivity index (χ1) is 12.6. The number of ether oxygens (including phenoxy) is 3. The van der Waals surface area contributed by atoms with Crippen LogP contribution >= 0.6 is 0 Å². The van der Waals surface area contributed by atoms with Gasteiger partial charge in [0.05, 0.1) is 31.4 Å². The molecule has 1 aromatic rings. The number of rotatable bonds is 4. The zero-order valence-corrected chi connectivity index (χ0v) is 15.8. The van der Waals surface area contributed by atoms with Crippen LogP contribution in [-0.4, -0.2) is 30.4 Å². The van der Waals surface area contributed by atoms with Gasteiger partial charge in [-0.3, -0.25) is 9.59 Å². The Labute approximate surface area is 153 Å². The lowest BCUT2D eigenvalue weighted by molar-refractivity contribution is -0.163. The lowest BCUT2D eigenvalue weighted by Gasteiger charge is -2.23. The van der Waals surface area contributed by atoms with Crippen LogP contribution in [0.4, 0.5) is 0 Å². The van der Waals surface area contributed by atoms with E-state index in [1.54, 1.807) is 13.0 Å². The molecule has 0 saturated carbocycles. The SMILES string of the molecule is CC.CCOC(=O)[C@H](CC)c1cc2n(c(=O)c1C#N)CCC21OCCO1. The van der Waals surface area contributed by atoms with E-state index in [4.69, 9.17) is 14.2 Å². The molecule has 26 heavy (non-hydrogen) atoms. The molecule has 0 amide bonds. The van der Waals surface area contributed by atoms with Crippen molar-refractivity contribution in [3.8, 4) is 6.07 Å². The molecule has 1 atom stereocenters. The lowest BCUT2D eigenvalue weighted by atomic mass is 9.92. The van der Waals surface area contributed by atoms with Crippen molar-refractivity contribution in [2.75, 3.05) is 19.8 Å². The number of fused-ring (bicyclic) bond motifs is 2. The first-order valence-electron chi connectivity index (χ1n) is 9.20. The predicted octanol–water partition coefficient (Wildman–Crippen LogP) is 2.41. The minimum absolute atomic E-state index is 0.00583. The summed E-state index contributed by atoms with van der Waals surface area (Å²) in [5.41, 5.74) is 0.578. The average molecular weight is 362 g/mol. The molecule has 0 aliphatic carbocycles. The first kappa shape index (κ1) is 20.1. The molecule has 1 aromatic heterocycles. The van der Waals surface area contributed by atoms with E-state index in [1.807, 2.05) is 26.8 Å². The second-order valence-corrected chi connectivity index (χ2v) is 5.84. The number of nitrogens with zero attached hydrogens (tertiary/aromatic N) is 2. The maximum absolute atomic E-state index is 12.7. The molecule has 1 saturated heterocycles. The second kappa shape index (κ2) is 8.47. The van der Waals surface area contributed by atoms with E-state index >= 15 is 0 Å². The number of hydrogen-bond donors (Lipinski definition) is 0. The third kappa shape index (κ3) is 3.27. The maximum Gasteiger partial charge on any atom is 0.313 e. The van der Waals surface area contributed by atoms with Crippen LogP contribution in [0.3, 0.4) is 0 Å². The van der Waals surface area contributed by atoms with Gasteiger partial charge in [0.25, 0.3) is 5.56 Å². The highest BCUT2D eigenvalue weighted by molar-refractivity contribution is 5.79. The van der Waals surface area contributed by atoms with Crippen LogP contribution in [-0.2, 0) is 31.3 Å². The monoisotopic (exact) mass is 362 g/mol. The Kier molecular flexibility index (Phi) is 6.57. The minimum atomic E-state index is -0.936. The van der Waals surface area contributed by atoms with Gasteiger partial charge in [-0.05, 0) is 25.0 Å². The van der Waals surface area contributed by atoms with Gasteiger partial charge in [0.2, 0.25) is 5.79 Å². The van der Waals surface area contributed by atoms with Gasteiger partial charge in [0.1, 0.15) is 11.6 Å². The molecule has 0 radical (unpaired) electrons. The van der Waals surface area contributed by atoms with Gasteiger partial charge in [-0.25, -0.2) is 0 Å². The highest BCUT2D eigenvalue weighted by Gasteiger charge is 2.46. The van der Waals surface area contributed by atoms with E-state index in [0.717, 1.165) is 0 Å². The summed E-state index contributed by atoms with van der Waals surface area (Å²) in [4.78, 5) is 25.0. The Morgan fingerprint density at radius 1 is 1.38 bits per heavy atom. The van der Waals surface area contributed by atoms with Gasteiger partial charge in [-0.2, -0.15) is 5.26 Å². The van der Waals surface area contributed by atoms with E-state index in [0.29, 0.717) is 43.9 Å². The molecule has 7 nitrogen and oxygen atoms in total. The van der Waals surface area contributed by atoms with Crippen molar-refractivity contribution in [1.82, 2.24) is 4.57 Å². The van der Waals surface area contributed by atoms with Gasteiger partial charge >= 0.3 is 5.97 Å². The third-order valence-electron chi connectivity index (χ3n) is 4.61. The van der Waals surface area contributed by atoms with E-state index < -0.39 is 23.2 Å². The Bertz CT molecular complexity index is 756. The fourth-order valence-corrected chi connectivity index (χ4v) is 3.48. The molecule has 142 valence electrons. The van der Waals surface area contributed by atoms with Crippen LogP contribution in [0.1, 0.15) is 63.3 Å². The highest BCUT2D eigenvalue weighted by Crippen LogP contribution is 2.40. The number of aromatic nitrogens is 1. The maximum atomic E-state index is 12.7. The largest absolute Gasteiger partial charge is 0.466 e. The van der Waals surface area contributed by atoms with Crippen molar-refractivity contribution in [3.63, 3.8) is 0 Å². The molecule has 3 rings (SSSR count). The first-order valence-corrected chi connectivity index (χ1v) is 9.20. The number of carbonyl (C=O) groups is 1. The Morgan fingerprint density at radius 3 is 2.58 bits per heavy atom. The molecule has 1 spiro atoms. The van der Waals surface area contributed by atoms with Crippen molar-refractivity contribution in [2.24, 2.45) is 0 Å². The number of esters is 1. The predicted molar refractivity (Wildman–Crippen MR) is 94.6 cm³/mol. The van der Waals surface area contributed by atoms with Crippen LogP contribution < -0.4 is 5.56 Å². The molecular formula is C19H26N2O5. The molecule has 0 aromatic carbocycles. The van der Waals surface area contributed by atoms with Crippen LogP contribution in [0.2, 0.25) is 0 Å². The molecule has 0 unspecified atom stereocenters. The third-order valence-corrected chi connectivity index (χ3v) is 4.61. The summed E-state index contributed by atoms with van der Waals surface area (Å²) in [6.07, 6.45) is 0.956. The van der Waals surface area contributed by atoms with Crippen molar-refractivity contribution in [2.45, 2.75) is 58.8 Å². The summed E-state index contributed by atoms with van der Waals surface area (Å²) in [5, 5.41) is 9.47. The number of pyridine rings is 1. The van der Waals surface area contributed by atoms with Gasteiger partial charge in [-0.1, -0.05) is 20.8 Å². The van der Waals surface area contributed by atoms with Crippen LogP contribution in [0.15, 0.2) is 10.9 Å². The molecule has 7 heteroatoms. The van der Waals surface area contributed by atoms with E-state index in [2.05, 4.69) is 0 Å². The zero-order chi connectivity index (χ0) is 19.3. The topological polar surface area (TPSA) is 90.6 Å². The van der Waals surface area contributed by atoms with E-state index in [-0.39, 0.29) is 12.2 Å². The summed E-state index contributed by atoms with van der Waals surface area (Å²) >= 11 is 0. The average Bonchev–Trinajstić information content (AvgIpc) is 3.27. The molecular weight excluding hydrogens is 336 g/mol. The quantitative estimate of drug-likeness (QED) is 0.764. The van der Waals surface area contributed by atoms with Crippen molar-refractivity contribution < 1.29 is 19.0 Å². The standard InChI is InChI=1S/C17H20N2O5.C2H6/c1-3-11(16(21)22-4-2)12-9-14-17(23-7-8-24-17)5-6-19(14)15(20)13(12)10-18;1-2/h9,11H,3-8H2,1-2H3;1-2H3/t11-;/m1./s1. The number of nitriles is 1. The molecule has 2 aliphatic rings. The molecule has 3 heterocycles. The smallest absolute Gasteiger partial charge is 0.313 e. The van der Waals surface area contributed by atoms with Crippen molar-refractivity contribution in [3.05, 3.63) is 33.2 Å². The van der Waals surface area contributed by atoms with Crippen LogP contribution in [0.25, 0.3) is 0 Å². The highest BCUT2D eigenvalue weighted by atomic mass is 16.7. The second-order valence-electron chi connectivity index (χ2n) is 5.84. The molecule has 2 aliphatic heterocycles. The number of carbonyl (C=O) groups excluding carboxylic acids is 1. The Hall–Kier alpha value is -2.17. The normalized spacial score (nSPS) is 17.8. The van der Waals surface area contributed by atoms with Gasteiger partial charge in [-0.15, -0.1) is 0 Å². The fourth-order valence-electron chi connectivity index (χ4n) is 3.48. The minimum Gasteiger partial charge on any atom is -0.466 e. The van der Waals surface area contributed by atoms with Crippen LogP contribution in [0, 0.1) is 11.3 Å². The Balaban J connectivity index is 0.00000117. The van der Waals surface area contributed by atoms with Gasteiger partial charge < -0.3 is 18.8 Å². The van der Waals surface area contributed by atoms with Gasteiger partial charge in [0.15, 0.2) is 0 Å². The molecule has 0 bridgehead atoms. The van der Waals surface area contributed by atoms with Crippen molar-refractivity contribution >= 4 is 5.97 Å². The van der Waals surface area contributed by atoms with E-state index in [9.17, 15) is 14.9 Å². The number of hydrogen-bond acceptors (Lipinski definition) is 6.